The van der Waals surface area contributed by atoms with E-state index in [0.29, 0.717) is 0 Å². The third-order valence-corrected chi connectivity index (χ3v) is 6.07. The lowest BCUT2D eigenvalue weighted by atomic mass is 10.1. The molecule has 0 aliphatic rings. The molecular formula is C8H11NO8P2. The third kappa shape index (κ3) is 4.50. The van der Waals surface area contributed by atoms with Crippen molar-refractivity contribution in [3.8, 4) is 0 Å². The van der Waals surface area contributed by atoms with Crippen molar-refractivity contribution < 1.29 is 33.6 Å². The van der Waals surface area contributed by atoms with Crippen LogP contribution in [0.2, 0.25) is 0 Å². The summed E-state index contributed by atoms with van der Waals surface area (Å²) in [5, 5.41) is 8.26. The molecule has 0 aromatic heterocycles. The third-order valence-electron chi connectivity index (χ3n) is 2.34. The van der Waals surface area contributed by atoms with Gasteiger partial charge in [-0.1, -0.05) is 12.1 Å². The summed E-state index contributed by atoms with van der Waals surface area (Å²) in [6, 6.07) is 4.56. The van der Waals surface area contributed by atoms with Gasteiger partial charge >= 0.3 is 15.2 Å². The summed E-state index contributed by atoms with van der Waals surface area (Å²) in [5.74, 6) is 0. The maximum Gasteiger partial charge on any atom is 0.341 e. The second kappa shape index (κ2) is 5.50. The lowest BCUT2D eigenvalue weighted by Gasteiger charge is -2.19. The number of nitro groups is 1. The molecule has 19 heavy (non-hydrogen) atoms. The molecule has 0 heterocycles. The highest BCUT2D eigenvalue weighted by atomic mass is 31.2. The Hall–Kier alpha value is -1.08. The van der Waals surface area contributed by atoms with E-state index in [9.17, 15) is 19.2 Å². The predicted molar refractivity (Wildman–Crippen MR) is 64.7 cm³/mol. The van der Waals surface area contributed by atoms with Crippen LogP contribution in [0.15, 0.2) is 24.3 Å². The Kier molecular flexibility index (Phi) is 4.63. The van der Waals surface area contributed by atoms with Crippen LogP contribution in [-0.4, -0.2) is 29.9 Å². The number of nitrogens with zero attached hydrogens (tertiary/aromatic N) is 1. The van der Waals surface area contributed by atoms with Gasteiger partial charge < -0.3 is 19.6 Å². The van der Waals surface area contributed by atoms with Crippen LogP contribution in [-0.2, 0) is 15.6 Å². The maximum absolute atomic E-state index is 11.1. The van der Waals surface area contributed by atoms with Gasteiger partial charge in [0, 0.05) is 12.1 Å². The summed E-state index contributed by atoms with van der Waals surface area (Å²) in [6.07, 6.45) is -0.577. The first-order valence-electron chi connectivity index (χ1n) is 4.85. The molecule has 0 spiro atoms. The van der Waals surface area contributed by atoms with Gasteiger partial charge in [-0.3, -0.25) is 19.2 Å². The SMILES string of the molecule is O=[N+]([O-])c1ccc(CC(P(=O)(O)O)P(=O)(O)O)cc1. The molecule has 0 aliphatic heterocycles. The van der Waals surface area contributed by atoms with Crippen LogP contribution in [0.1, 0.15) is 5.56 Å². The fourth-order valence-electron chi connectivity index (χ4n) is 1.40. The Morgan fingerprint density at radius 3 is 1.79 bits per heavy atom. The molecule has 0 aliphatic carbocycles. The van der Waals surface area contributed by atoms with Crippen LogP contribution in [0, 0.1) is 10.1 Å². The topological polar surface area (TPSA) is 158 Å². The normalized spacial score (nSPS) is 12.7. The molecule has 9 nitrogen and oxygen atoms in total. The van der Waals surface area contributed by atoms with Crippen LogP contribution in [0.3, 0.4) is 0 Å². The van der Waals surface area contributed by atoms with Crippen LogP contribution in [0.25, 0.3) is 0 Å². The van der Waals surface area contributed by atoms with Crippen molar-refractivity contribution in [1.29, 1.82) is 0 Å². The van der Waals surface area contributed by atoms with Crippen LogP contribution < -0.4 is 0 Å². The molecule has 0 unspecified atom stereocenters. The highest BCUT2D eigenvalue weighted by Gasteiger charge is 2.43. The van der Waals surface area contributed by atoms with E-state index < -0.39 is 31.9 Å². The van der Waals surface area contributed by atoms with E-state index in [1.807, 2.05) is 0 Å². The number of nitro benzene ring substituents is 1. The smallest absolute Gasteiger partial charge is 0.324 e. The van der Waals surface area contributed by atoms with E-state index in [-0.39, 0.29) is 11.3 Å². The molecule has 0 saturated heterocycles. The Bertz CT molecular complexity index is 537. The summed E-state index contributed by atoms with van der Waals surface area (Å²) >= 11 is 0. The molecule has 0 atom stereocenters. The van der Waals surface area contributed by atoms with E-state index in [2.05, 4.69) is 0 Å². The van der Waals surface area contributed by atoms with Crippen molar-refractivity contribution in [1.82, 2.24) is 0 Å². The molecule has 4 N–H and O–H groups in total. The predicted octanol–water partition coefficient (Wildman–Crippen LogP) is 0.819. The van der Waals surface area contributed by atoms with Crippen molar-refractivity contribution in [3.05, 3.63) is 39.9 Å². The van der Waals surface area contributed by atoms with Crippen LogP contribution in [0.5, 0.6) is 0 Å². The van der Waals surface area contributed by atoms with Gasteiger partial charge in [-0.05, 0) is 12.0 Å². The first-order chi connectivity index (χ1) is 8.51. The molecule has 0 fully saturated rings. The zero-order chi connectivity index (χ0) is 14.8. The summed E-state index contributed by atoms with van der Waals surface area (Å²) in [4.78, 5) is 45.5. The fraction of sp³-hybridized carbons (Fsp3) is 0.250. The lowest BCUT2D eigenvalue weighted by molar-refractivity contribution is -0.384. The highest BCUT2D eigenvalue weighted by Crippen LogP contribution is 2.60. The average molecular weight is 311 g/mol. The Labute approximate surface area is 107 Å². The van der Waals surface area contributed by atoms with Crippen molar-refractivity contribution in [2.24, 2.45) is 0 Å². The molecule has 0 amide bonds. The maximum atomic E-state index is 11.1. The Balaban J connectivity index is 3.02. The summed E-state index contributed by atoms with van der Waals surface area (Å²) in [7, 11) is -9.98. The summed E-state index contributed by atoms with van der Waals surface area (Å²) in [6.45, 7) is 0. The number of hydrogen-bond acceptors (Lipinski definition) is 4. The van der Waals surface area contributed by atoms with Gasteiger partial charge in [0.2, 0.25) is 0 Å². The average Bonchev–Trinajstić information content (AvgIpc) is 2.23. The summed E-state index contributed by atoms with van der Waals surface area (Å²) < 4.78 is 22.1. The van der Waals surface area contributed by atoms with Gasteiger partial charge in [0.1, 0.15) is 0 Å². The van der Waals surface area contributed by atoms with Crippen LogP contribution in [0.4, 0.5) is 5.69 Å². The lowest BCUT2D eigenvalue weighted by Crippen LogP contribution is -2.12. The van der Waals surface area contributed by atoms with Gasteiger partial charge in [0.25, 0.3) is 5.69 Å². The molecule has 106 valence electrons. The second-order valence-corrected chi connectivity index (χ2v) is 7.80. The van der Waals surface area contributed by atoms with Crippen molar-refractivity contribution in [2.45, 2.75) is 11.8 Å². The quantitative estimate of drug-likeness (QED) is 0.353. The molecular weight excluding hydrogens is 300 g/mol. The number of non-ortho nitro benzene ring substituents is 1. The van der Waals surface area contributed by atoms with E-state index >= 15 is 0 Å². The van der Waals surface area contributed by atoms with Crippen molar-refractivity contribution in [3.63, 3.8) is 0 Å². The van der Waals surface area contributed by atoms with Gasteiger partial charge in [-0.15, -0.1) is 0 Å². The number of benzene rings is 1. The molecule has 0 bridgehead atoms. The van der Waals surface area contributed by atoms with Gasteiger partial charge in [-0.2, -0.15) is 0 Å². The van der Waals surface area contributed by atoms with Crippen molar-refractivity contribution in [2.75, 3.05) is 0 Å². The molecule has 11 heteroatoms. The molecule has 0 saturated carbocycles. The largest absolute Gasteiger partial charge is 0.341 e. The molecule has 1 aromatic rings. The summed E-state index contributed by atoms with van der Waals surface area (Å²) in [5.41, 5.74) is -0.0464. The Morgan fingerprint density at radius 2 is 1.47 bits per heavy atom. The minimum atomic E-state index is -4.99. The first kappa shape index (κ1) is 16.0. The van der Waals surface area contributed by atoms with Gasteiger partial charge in [0.05, 0.1) is 4.92 Å². The number of hydrogen-bond donors (Lipinski definition) is 4. The molecule has 0 radical (unpaired) electrons. The van der Waals surface area contributed by atoms with E-state index in [1.165, 1.54) is 12.1 Å². The van der Waals surface area contributed by atoms with E-state index in [4.69, 9.17) is 19.6 Å². The molecule has 1 rings (SSSR count). The zero-order valence-corrected chi connectivity index (χ0v) is 11.1. The number of rotatable bonds is 5. The second-order valence-electron chi connectivity index (χ2n) is 3.79. The van der Waals surface area contributed by atoms with E-state index in [1.54, 1.807) is 0 Å². The van der Waals surface area contributed by atoms with E-state index in [0.717, 1.165) is 12.1 Å². The fourth-order valence-corrected chi connectivity index (χ4v) is 3.86. The highest BCUT2D eigenvalue weighted by molar-refractivity contribution is 7.70. The van der Waals surface area contributed by atoms with Gasteiger partial charge in [-0.25, -0.2) is 0 Å². The minimum Gasteiger partial charge on any atom is -0.324 e. The van der Waals surface area contributed by atoms with Gasteiger partial charge in [0.15, 0.2) is 5.40 Å². The van der Waals surface area contributed by atoms with Crippen LogP contribution >= 0.6 is 15.2 Å². The van der Waals surface area contributed by atoms with Crippen molar-refractivity contribution >= 4 is 20.9 Å². The Morgan fingerprint density at radius 1 is 1.05 bits per heavy atom. The zero-order valence-electron chi connectivity index (χ0n) is 9.36. The molecule has 1 aromatic carbocycles. The monoisotopic (exact) mass is 311 g/mol. The standard InChI is InChI=1S/C8H11NO8P2/c10-9(11)7-3-1-6(2-4-7)5-8(18(12,13)14)19(15,16)17/h1-4,8H,5H2,(H2,12,13,14)(H2,15,16,17). The minimum absolute atomic E-state index is 0.183. The first-order valence-corrected chi connectivity index (χ1v) is 8.22.